The smallest absolute Gasteiger partial charge is 0.248 e. The lowest BCUT2D eigenvalue weighted by Crippen LogP contribution is -2.24. The highest BCUT2D eigenvalue weighted by atomic mass is 16.5. The summed E-state index contributed by atoms with van der Waals surface area (Å²) in [7, 11) is 0. The molecule has 0 aliphatic rings. The van der Waals surface area contributed by atoms with Gasteiger partial charge in [-0.1, -0.05) is 33.3 Å². The van der Waals surface area contributed by atoms with E-state index >= 15 is 0 Å². The van der Waals surface area contributed by atoms with E-state index in [1.165, 1.54) is 25.7 Å². The summed E-state index contributed by atoms with van der Waals surface area (Å²) >= 11 is 0. The van der Waals surface area contributed by atoms with Crippen LogP contribution >= 0.6 is 0 Å². The zero-order valence-corrected chi connectivity index (χ0v) is 11.4. The summed E-state index contributed by atoms with van der Waals surface area (Å²) in [6.45, 7) is 10.9. The fourth-order valence-electron chi connectivity index (χ4n) is 0.818. The molecule has 0 radical (unpaired) electrons. The van der Waals surface area contributed by atoms with E-state index in [1.807, 2.05) is 0 Å². The maximum Gasteiger partial charge on any atom is 0.248 e. The number of nitrogens with one attached hydrogen (secondary N) is 1. The molecule has 0 bridgehead atoms. The highest BCUT2D eigenvalue weighted by Crippen LogP contribution is 1.91. The van der Waals surface area contributed by atoms with Crippen molar-refractivity contribution in [2.24, 2.45) is 0 Å². The molecule has 0 aliphatic heterocycles. The number of aliphatic hydroxyl groups excluding tert-OH is 1. The maximum absolute atomic E-state index is 10.4. The van der Waals surface area contributed by atoms with Gasteiger partial charge in [-0.25, -0.2) is 0 Å². The van der Waals surface area contributed by atoms with Crippen molar-refractivity contribution >= 4 is 5.91 Å². The van der Waals surface area contributed by atoms with Gasteiger partial charge in [-0.15, -0.1) is 0 Å². The van der Waals surface area contributed by atoms with Crippen LogP contribution in [-0.2, 0) is 9.53 Å². The van der Waals surface area contributed by atoms with Crippen molar-refractivity contribution in [3.8, 4) is 0 Å². The van der Waals surface area contributed by atoms with Crippen molar-refractivity contribution in [3.05, 3.63) is 12.2 Å². The quantitative estimate of drug-likeness (QED) is 0.392. The van der Waals surface area contributed by atoms with Crippen molar-refractivity contribution in [1.82, 2.24) is 5.32 Å². The van der Waals surface area contributed by atoms with Crippen LogP contribution in [0.3, 0.4) is 0 Å². The molecule has 4 heteroatoms. The highest BCUT2D eigenvalue weighted by molar-refractivity contribution is 5.91. The first-order valence-electron chi connectivity index (χ1n) is 6.22. The van der Waals surface area contributed by atoms with Gasteiger partial charge in [-0.3, -0.25) is 4.79 Å². The summed E-state index contributed by atoms with van der Waals surface area (Å²) in [6, 6.07) is 0. The second kappa shape index (κ2) is 15.1. The summed E-state index contributed by atoms with van der Waals surface area (Å²) < 4.78 is 5.31. The van der Waals surface area contributed by atoms with Crippen LogP contribution in [0, 0.1) is 0 Å². The van der Waals surface area contributed by atoms with E-state index in [-0.39, 0.29) is 12.6 Å². The van der Waals surface area contributed by atoms with Crippen LogP contribution in [-0.4, -0.2) is 31.0 Å². The predicted octanol–water partition coefficient (Wildman–Crippen LogP) is 2.23. The van der Waals surface area contributed by atoms with Gasteiger partial charge in [0.2, 0.25) is 5.91 Å². The molecule has 0 saturated carbocycles. The lowest BCUT2D eigenvalue weighted by molar-refractivity contribution is -0.118. The second-order valence-corrected chi connectivity index (χ2v) is 3.76. The van der Waals surface area contributed by atoms with E-state index in [0.29, 0.717) is 5.57 Å². The molecular weight excluding hydrogens is 218 g/mol. The standard InChI is InChI=1S/C8H18O.C5H9NO2/c1-3-5-7-9-8-6-4-2;1-4(2)5(8)6-3-7/h3-8H2,1-2H3;7H,1,3H2,2H3,(H,6,8). The van der Waals surface area contributed by atoms with Crippen LogP contribution in [0.2, 0.25) is 0 Å². The summed E-state index contributed by atoms with van der Waals surface area (Å²) in [4.78, 5) is 10.4. The van der Waals surface area contributed by atoms with E-state index in [0.717, 1.165) is 13.2 Å². The number of unbranched alkanes of at least 4 members (excludes halogenated alkanes) is 2. The van der Waals surface area contributed by atoms with Crippen molar-refractivity contribution in [2.75, 3.05) is 19.9 Å². The minimum absolute atomic E-state index is 0.312. The molecule has 0 saturated heterocycles. The van der Waals surface area contributed by atoms with Gasteiger partial charge in [0.15, 0.2) is 0 Å². The number of ether oxygens (including phenoxy) is 1. The van der Waals surface area contributed by atoms with Crippen molar-refractivity contribution in [3.63, 3.8) is 0 Å². The molecule has 0 aromatic carbocycles. The molecule has 17 heavy (non-hydrogen) atoms. The van der Waals surface area contributed by atoms with Gasteiger partial charge < -0.3 is 15.2 Å². The number of carbonyl (C=O) groups is 1. The van der Waals surface area contributed by atoms with E-state index in [9.17, 15) is 4.79 Å². The minimum Gasteiger partial charge on any atom is -0.381 e. The molecular formula is C13H27NO3. The van der Waals surface area contributed by atoms with Gasteiger partial charge in [-0.05, 0) is 19.8 Å². The van der Waals surface area contributed by atoms with Gasteiger partial charge in [0.25, 0.3) is 0 Å². The molecule has 0 unspecified atom stereocenters. The first kappa shape index (κ1) is 18.5. The Balaban J connectivity index is 0. The molecule has 4 nitrogen and oxygen atoms in total. The Kier molecular flexibility index (Phi) is 16.5. The highest BCUT2D eigenvalue weighted by Gasteiger charge is 1.95. The van der Waals surface area contributed by atoms with Crippen LogP contribution in [0.15, 0.2) is 12.2 Å². The van der Waals surface area contributed by atoms with Gasteiger partial charge in [-0.2, -0.15) is 0 Å². The van der Waals surface area contributed by atoms with Gasteiger partial charge in [0, 0.05) is 18.8 Å². The summed E-state index contributed by atoms with van der Waals surface area (Å²) in [5, 5.41) is 10.3. The Bertz CT molecular complexity index is 187. The van der Waals surface area contributed by atoms with E-state index in [2.05, 4.69) is 25.7 Å². The Morgan fingerprint density at radius 3 is 1.94 bits per heavy atom. The lowest BCUT2D eigenvalue weighted by atomic mass is 10.3. The van der Waals surface area contributed by atoms with Crippen molar-refractivity contribution in [2.45, 2.75) is 46.5 Å². The van der Waals surface area contributed by atoms with E-state index in [1.54, 1.807) is 6.92 Å². The summed E-state index contributed by atoms with van der Waals surface area (Å²) in [5.41, 5.74) is 0.402. The van der Waals surface area contributed by atoms with Gasteiger partial charge in [0.05, 0.1) is 0 Å². The molecule has 1 amide bonds. The normalized spacial score (nSPS) is 9.18. The zero-order valence-electron chi connectivity index (χ0n) is 11.4. The van der Waals surface area contributed by atoms with Crippen LogP contribution < -0.4 is 5.32 Å². The van der Waals surface area contributed by atoms with Gasteiger partial charge >= 0.3 is 0 Å². The number of amides is 1. The molecule has 0 rings (SSSR count). The van der Waals surface area contributed by atoms with Gasteiger partial charge in [0.1, 0.15) is 6.73 Å². The Hall–Kier alpha value is -0.870. The molecule has 0 aliphatic carbocycles. The molecule has 0 heterocycles. The van der Waals surface area contributed by atoms with E-state index < -0.39 is 0 Å². The molecule has 2 N–H and O–H groups in total. The summed E-state index contributed by atoms with van der Waals surface area (Å²) in [5.74, 6) is -0.312. The van der Waals surface area contributed by atoms with Crippen LogP contribution in [0.4, 0.5) is 0 Å². The average Bonchev–Trinajstić information content (AvgIpc) is 2.30. The van der Waals surface area contributed by atoms with Crippen molar-refractivity contribution < 1.29 is 14.6 Å². The van der Waals surface area contributed by atoms with Crippen LogP contribution in [0.25, 0.3) is 0 Å². The predicted molar refractivity (Wildman–Crippen MR) is 70.7 cm³/mol. The lowest BCUT2D eigenvalue weighted by Gasteiger charge is -1.99. The molecule has 0 atom stereocenters. The van der Waals surface area contributed by atoms with Crippen molar-refractivity contribution in [1.29, 1.82) is 0 Å². The number of rotatable bonds is 8. The first-order valence-corrected chi connectivity index (χ1v) is 6.22. The molecule has 0 aromatic heterocycles. The zero-order chi connectivity index (χ0) is 13.5. The summed E-state index contributed by atoms with van der Waals surface area (Å²) in [6.07, 6.45) is 4.91. The first-order chi connectivity index (χ1) is 8.09. The Morgan fingerprint density at radius 2 is 1.71 bits per heavy atom. The minimum atomic E-state index is -0.328. The van der Waals surface area contributed by atoms with Crippen LogP contribution in [0.1, 0.15) is 46.5 Å². The average molecular weight is 245 g/mol. The third kappa shape index (κ3) is 17.7. The fourth-order valence-corrected chi connectivity index (χ4v) is 0.818. The second-order valence-electron chi connectivity index (χ2n) is 3.76. The number of carbonyl (C=O) groups excluding carboxylic acids is 1. The molecule has 0 aromatic rings. The van der Waals surface area contributed by atoms with Crippen LogP contribution in [0.5, 0.6) is 0 Å². The fraction of sp³-hybridized carbons (Fsp3) is 0.769. The molecule has 0 fully saturated rings. The largest absolute Gasteiger partial charge is 0.381 e. The third-order valence-corrected chi connectivity index (χ3v) is 1.91. The number of hydrogen-bond donors (Lipinski definition) is 2. The Morgan fingerprint density at radius 1 is 1.24 bits per heavy atom. The Labute approximate surface area is 105 Å². The number of aliphatic hydroxyl groups is 1. The monoisotopic (exact) mass is 245 g/mol. The SMILES string of the molecule is C=C(C)C(=O)NCO.CCCCOCCCC. The molecule has 102 valence electrons. The topological polar surface area (TPSA) is 58.6 Å². The molecule has 0 spiro atoms. The number of hydrogen-bond acceptors (Lipinski definition) is 3. The maximum atomic E-state index is 10.4. The van der Waals surface area contributed by atoms with E-state index in [4.69, 9.17) is 9.84 Å². The third-order valence-electron chi connectivity index (χ3n) is 1.91.